The van der Waals surface area contributed by atoms with Crippen LogP contribution in [0.5, 0.6) is 0 Å². The van der Waals surface area contributed by atoms with Crippen LogP contribution in [0, 0.1) is 0 Å². The maximum atomic E-state index is 5.50. The second-order valence-corrected chi connectivity index (χ2v) is 2.33. The number of nitrogens with zero attached hydrogens (tertiary/aromatic N) is 1. The summed E-state index contributed by atoms with van der Waals surface area (Å²) in [6, 6.07) is 8.12. The third-order valence-electron chi connectivity index (χ3n) is 1.60. The highest BCUT2D eigenvalue weighted by molar-refractivity contribution is 5.64. The van der Waals surface area contributed by atoms with Crippen molar-refractivity contribution in [1.29, 1.82) is 0 Å². The molecule has 2 N–H and O–H groups in total. The van der Waals surface area contributed by atoms with E-state index in [1.165, 1.54) is 11.1 Å². The molecule has 1 aliphatic heterocycles. The smallest absolute Gasteiger partial charge is 0.0334 e. The number of rotatable bonds is 0. The van der Waals surface area contributed by atoms with Gasteiger partial charge in [0.1, 0.15) is 0 Å². The highest BCUT2D eigenvalue weighted by atomic mass is 15.3. The Labute approximate surface area is 59.2 Å². The Balaban J connectivity index is 2.75. The van der Waals surface area contributed by atoms with Gasteiger partial charge in [0.25, 0.3) is 0 Å². The number of hydrogen-bond donors (Lipinski definition) is 1. The Morgan fingerprint density at radius 2 is 1.90 bits per heavy atom. The molecular formula is C8H8N2. The second-order valence-electron chi connectivity index (χ2n) is 2.33. The van der Waals surface area contributed by atoms with Crippen LogP contribution in [0.15, 0.2) is 36.7 Å². The van der Waals surface area contributed by atoms with E-state index < -0.39 is 0 Å². The zero-order valence-electron chi connectivity index (χ0n) is 5.49. The molecule has 1 aliphatic carbocycles. The zero-order chi connectivity index (χ0) is 6.97. The van der Waals surface area contributed by atoms with Gasteiger partial charge in [0.05, 0.1) is 0 Å². The Morgan fingerprint density at radius 3 is 2.80 bits per heavy atom. The number of pyridine rings is 1. The lowest BCUT2D eigenvalue weighted by Gasteiger charge is -2.01. The van der Waals surface area contributed by atoms with Crippen molar-refractivity contribution in [2.45, 2.75) is 0 Å². The summed E-state index contributed by atoms with van der Waals surface area (Å²) in [5.74, 6) is 5.50. The minimum absolute atomic E-state index is 1.19. The summed E-state index contributed by atoms with van der Waals surface area (Å²) in [7, 11) is 0. The summed E-state index contributed by atoms with van der Waals surface area (Å²) < 4.78 is 1.56. The largest absolute Gasteiger partial charge is 0.340 e. The molecule has 0 saturated heterocycles. The van der Waals surface area contributed by atoms with Crippen LogP contribution in [0.25, 0.3) is 11.1 Å². The first-order chi connectivity index (χ1) is 4.86. The molecule has 2 rings (SSSR count). The van der Waals surface area contributed by atoms with Gasteiger partial charge in [0, 0.05) is 12.4 Å². The van der Waals surface area contributed by atoms with Crippen molar-refractivity contribution in [2.24, 2.45) is 0 Å². The molecule has 0 bridgehead atoms. The molecule has 10 heavy (non-hydrogen) atoms. The van der Waals surface area contributed by atoms with Crippen molar-refractivity contribution < 1.29 is 0 Å². The van der Waals surface area contributed by atoms with Crippen LogP contribution < -0.4 is 5.84 Å². The van der Waals surface area contributed by atoms with Gasteiger partial charge in [-0.25, -0.2) is 0 Å². The van der Waals surface area contributed by atoms with Gasteiger partial charge in [-0.1, -0.05) is 18.2 Å². The average molecular weight is 132 g/mol. The Kier molecular flexibility index (Phi) is 0.947. The summed E-state index contributed by atoms with van der Waals surface area (Å²) in [6.07, 6.45) is 3.73. The molecule has 0 aromatic rings. The topological polar surface area (TPSA) is 30.9 Å². The van der Waals surface area contributed by atoms with E-state index in [9.17, 15) is 0 Å². The van der Waals surface area contributed by atoms with Gasteiger partial charge < -0.3 is 5.84 Å². The molecule has 0 aromatic heterocycles. The van der Waals surface area contributed by atoms with Gasteiger partial charge in [-0.05, 0) is 17.2 Å². The first-order valence-corrected chi connectivity index (χ1v) is 3.18. The third kappa shape index (κ3) is 0.658. The first-order valence-electron chi connectivity index (χ1n) is 3.18. The van der Waals surface area contributed by atoms with Crippen LogP contribution in [0.1, 0.15) is 0 Å². The fourth-order valence-electron chi connectivity index (χ4n) is 1.09. The quantitative estimate of drug-likeness (QED) is 0.538. The average Bonchev–Trinajstić information content (AvgIpc) is 2.33. The highest BCUT2D eigenvalue weighted by Crippen LogP contribution is 2.20. The van der Waals surface area contributed by atoms with Gasteiger partial charge in [0.2, 0.25) is 0 Å². The van der Waals surface area contributed by atoms with Crippen molar-refractivity contribution in [3.8, 4) is 11.1 Å². The summed E-state index contributed by atoms with van der Waals surface area (Å²) in [4.78, 5) is 0. The van der Waals surface area contributed by atoms with Crippen molar-refractivity contribution in [3.63, 3.8) is 0 Å². The maximum Gasteiger partial charge on any atom is 0.0334 e. The van der Waals surface area contributed by atoms with Gasteiger partial charge in [-0.15, -0.1) is 0 Å². The molecule has 0 amide bonds. The summed E-state index contributed by atoms with van der Waals surface area (Å²) >= 11 is 0. The van der Waals surface area contributed by atoms with E-state index >= 15 is 0 Å². The number of fused-ring (bicyclic) bond motifs is 1. The predicted octanol–water partition coefficient (Wildman–Crippen LogP) is 1.31. The minimum atomic E-state index is 1.19. The fourth-order valence-corrected chi connectivity index (χ4v) is 1.09. The molecule has 0 saturated carbocycles. The maximum absolute atomic E-state index is 5.50. The molecule has 0 fully saturated rings. The number of nitrogen functional groups attached to an aromatic ring is 1. The lowest BCUT2D eigenvalue weighted by molar-refractivity contribution is 0.992. The van der Waals surface area contributed by atoms with Crippen LogP contribution in [0.2, 0.25) is 0 Å². The summed E-state index contributed by atoms with van der Waals surface area (Å²) in [5, 5.41) is 0. The molecule has 2 heteroatoms. The monoisotopic (exact) mass is 132 g/mol. The molecule has 0 unspecified atom stereocenters. The van der Waals surface area contributed by atoms with Crippen molar-refractivity contribution in [2.75, 3.05) is 5.84 Å². The number of nitrogens with two attached hydrogens (primary N) is 1. The molecular weight excluding hydrogens is 124 g/mol. The first kappa shape index (κ1) is 5.35. The van der Waals surface area contributed by atoms with Crippen LogP contribution in [-0.2, 0) is 0 Å². The lowest BCUT2D eigenvalue weighted by Crippen LogP contribution is -2.06. The van der Waals surface area contributed by atoms with E-state index in [0.717, 1.165) is 0 Å². The van der Waals surface area contributed by atoms with E-state index in [1.54, 1.807) is 4.68 Å². The zero-order valence-corrected chi connectivity index (χ0v) is 5.49. The molecule has 50 valence electrons. The lowest BCUT2D eigenvalue weighted by atomic mass is 10.2. The van der Waals surface area contributed by atoms with E-state index in [2.05, 4.69) is 6.07 Å². The molecule has 1 heterocycles. The van der Waals surface area contributed by atoms with Gasteiger partial charge in [-0.3, -0.25) is 4.68 Å². The van der Waals surface area contributed by atoms with Crippen LogP contribution in [0.3, 0.4) is 0 Å². The van der Waals surface area contributed by atoms with E-state index in [0.29, 0.717) is 0 Å². The molecule has 0 spiro atoms. The van der Waals surface area contributed by atoms with Crippen LogP contribution >= 0.6 is 0 Å². The van der Waals surface area contributed by atoms with E-state index in [4.69, 9.17) is 5.84 Å². The summed E-state index contributed by atoms with van der Waals surface area (Å²) in [5.41, 5.74) is 2.42. The van der Waals surface area contributed by atoms with Crippen molar-refractivity contribution >= 4 is 0 Å². The Hall–Kier alpha value is -1.44. The van der Waals surface area contributed by atoms with Crippen molar-refractivity contribution in [1.82, 2.24) is 4.68 Å². The molecule has 2 aliphatic rings. The van der Waals surface area contributed by atoms with E-state index in [-0.39, 0.29) is 0 Å². The minimum Gasteiger partial charge on any atom is -0.340 e. The van der Waals surface area contributed by atoms with Crippen LogP contribution in [0.4, 0.5) is 0 Å². The molecule has 0 atom stereocenters. The second kappa shape index (κ2) is 1.77. The normalized spacial score (nSPS) is 10.4. The molecule has 0 radical (unpaired) electrons. The third-order valence-corrected chi connectivity index (χ3v) is 1.60. The standard InChI is InChI=1S/C8H8N2/c9-10-5-4-7-2-1-3-8(7)6-10/h1-6H,9H2. The molecule has 0 aromatic carbocycles. The Morgan fingerprint density at radius 1 is 1.10 bits per heavy atom. The van der Waals surface area contributed by atoms with Gasteiger partial charge in [-0.2, -0.15) is 0 Å². The van der Waals surface area contributed by atoms with E-state index in [1.807, 2.05) is 30.6 Å². The SMILES string of the molecule is Nn1ccc2cccc-2c1. The number of hydrogen-bond acceptors (Lipinski definition) is 1. The molecule has 2 nitrogen and oxygen atoms in total. The number of aromatic nitrogens is 1. The van der Waals surface area contributed by atoms with Crippen molar-refractivity contribution in [3.05, 3.63) is 36.7 Å². The summed E-state index contributed by atoms with van der Waals surface area (Å²) in [6.45, 7) is 0. The predicted molar refractivity (Wildman–Crippen MR) is 41.2 cm³/mol. The van der Waals surface area contributed by atoms with Gasteiger partial charge >= 0.3 is 0 Å². The fraction of sp³-hybridized carbons (Fsp3) is 0. The van der Waals surface area contributed by atoms with Gasteiger partial charge in [0.15, 0.2) is 0 Å². The Bertz CT molecular complexity index is 311. The van der Waals surface area contributed by atoms with Crippen LogP contribution in [-0.4, -0.2) is 4.68 Å². The highest BCUT2D eigenvalue weighted by Gasteiger charge is 1.98.